The van der Waals surface area contributed by atoms with E-state index < -0.39 is 5.82 Å². The lowest BCUT2D eigenvalue weighted by molar-refractivity contribution is 0.143. The lowest BCUT2D eigenvalue weighted by Crippen LogP contribution is -2.37. The summed E-state index contributed by atoms with van der Waals surface area (Å²) in [6.07, 6.45) is 2.24. The molecule has 0 aromatic heterocycles. The standard InChI is InChI=1S/C13H18ClFN2O/c1-18-8-9-3-2-4-17(7-9)13-5-10(14)11(15)6-12(13)16/h5-6,9H,2-4,7-8,16H2,1H3. The van der Waals surface area contributed by atoms with Crippen LogP contribution in [0.1, 0.15) is 12.8 Å². The van der Waals surface area contributed by atoms with Crippen molar-refractivity contribution in [3.63, 3.8) is 0 Å². The highest BCUT2D eigenvalue weighted by atomic mass is 35.5. The highest BCUT2D eigenvalue weighted by Crippen LogP contribution is 2.32. The quantitative estimate of drug-likeness (QED) is 0.860. The SMILES string of the molecule is COCC1CCCN(c2cc(Cl)c(F)cc2N)C1. The molecule has 2 N–H and O–H groups in total. The molecule has 100 valence electrons. The molecular formula is C13H18ClFN2O. The van der Waals surface area contributed by atoms with Crippen LogP contribution in [0.3, 0.4) is 0 Å². The van der Waals surface area contributed by atoms with Crippen LogP contribution in [-0.4, -0.2) is 26.8 Å². The zero-order valence-corrected chi connectivity index (χ0v) is 11.2. The predicted molar refractivity (Wildman–Crippen MR) is 72.6 cm³/mol. The second kappa shape index (κ2) is 5.76. The van der Waals surface area contributed by atoms with Crippen molar-refractivity contribution in [2.75, 3.05) is 37.4 Å². The molecule has 18 heavy (non-hydrogen) atoms. The Morgan fingerprint density at radius 1 is 1.56 bits per heavy atom. The monoisotopic (exact) mass is 272 g/mol. The normalized spacial score (nSPS) is 20.2. The number of ether oxygens (including phenoxy) is 1. The van der Waals surface area contributed by atoms with E-state index in [1.165, 1.54) is 6.07 Å². The molecule has 1 aliphatic heterocycles. The van der Waals surface area contributed by atoms with E-state index in [1.807, 2.05) is 0 Å². The van der Waals surface area contributed by atoms with E-state index in [9.17, 15) is 4.39 Å². The zero-order chi connectivity index (χ0) is 13.1. The number of nitrogens with two attached hydrogens (primary N) is 1. The van der Waals surface area contributed by atoms with Crippen LogP contribution in [0.15, 0.2) is 12.1 Å². The number of nitrogens with zero attached hydrogens (tertiary/aromatic N) is 1. The van der Waals surface area contributed by atoms with Gasteiger partial charge in [-0.25, -0.2) is 4.39 Å². The molecular weight excluding hydrogens is 255 g/mol. The molecule has 0 saturated carbocycles. The molecule has 1 atom stereocenters. The Bertz CT molecular complexity index is 426. The molecule has 1 saturated heterocycles. The van der Waals surface area contributed by atoms with Crippen LogP contribution in [0, 0.1) is 11.7 Å². The summed E-state index contributed by atoms with van der Waals surface area (Å²) in [5.41, 5.74) is 7.13. The zero-order valence-electron chi connectivity index (χ0n) is 10.5. The molecule has 1 aliphatic rings. The van der Waals surface area contributed by atoms with E-state index in [4.69, 9.17) is 22.1 Å². The molecule has 0 bridgehead atoms. The van der Waals surface area contributed by atoms with Crippen molar-refractivity contribution in [2.24, 2.45) is 5.92 Å². The van der Waals surface area contributed by atoms with Crippen LogP contribution in [0.2, 0.25) is 5.02 Å². The summed E-state index contributed by atoms with van der Waals surface area (Å²) < 4.78 is 18.5. The van der Waals surface area contributed by atoms with E-state index in [0.29, 0.717) is 11.6 Å². The molecule has 0 amide bonds. The van der Waals surface area contributed by atoms with E-state index in [1.54, 1.807) is 13.2 Å². The maximum Gasteiger partial charge on any atom is 0.143 e. The van der Waals surface area contributed by atoms with Crippen LogP contribution in [0.25, 0.3) is 0 Å². The van der Waals surface area contributed by atoms with Crippen molar-refractivity contribution >= 4 is 23.0 Å². The Kier molecular flexibility index (Phi) is 4.30. The van der Waals surface area contributed by atoms with Gasteiger partial charge in [0.2, 0.25) is 0 Å². The van der Waals surface area contributed by atoms with E-state index in [-0.39, 0.29) is 5.02 Å². The second-order valence-electron chi connectivity index (χ2n) is 4.73. The van der Waals surface area contributed by atoms with Gasteiger partial charge in [0.1, 0.15) is 5.82 Å². The highest BCUT2D eigenvalue weighted by molar-refractivity contribution is 6.31. The first-order valence-corrected chi connectivity index (χ1v) is 6.48. The van der Waals surface area contributed by atoms with Gasteiger partial charge >= 0.3 is 0 Å². The number of piperidine rings is 1. The Morgan fingerprint density at radius 3 is 3.06 bits per heavy atom. The largest absolute Gasteiger partial charge is 0.397 e. The number of nitrogen functional groups attached to an aromatic ring is 1. The molecule has 0 aliphatic carbocycles. The lowest BCUT2D eigenvalue weighted by atomic mass is 9.98. The van der Waals surface area contributed by atoms with Gasteiger partial charge in [-0.15, -0.1) is 0 Å². The van der Waals surface area contributed by atoms with Crippen molar-refractivity contribution in [3.8, 4) is 0 Å². The summed E-state index contributed by atoms with van der Waals surface area (Å²) in [5.74, 6) is 0.0235. The number of rotatable bonds is 3. The van der Waals surface area contributed by atoms with E-state index in [2.05, 4.69) is 4.90 Å². The summed E-state index contributed by atoms with van der Waals surface area (Å²) in [5, 5.41) is 0.119. The number of halogens is 2. The second-order valence-corrected chi connectivity index (χ2v) is 5.14. The number of hydrogen-bond acceptors (Lipinski definition) is 3. The number of benzene rings is 1. The van der Waals surface area contributed by atoms with Crippen molar-refractivity contribution in [1.29, 1.82) is 0 Å². The fourth-order valence-corrected chi connectivity index (χ4v) is 2.64. The van der Waals surface area contributed by atoms with Crippen molar-refractivity contribution in [3.05, 3.63) is 23.0 Å². The van der Waals surface area contributed by atoms with Crippen LogP contribution < -0.4 is 10.6 Å². The fourth-order valence-electron chi connectivity index (χ4n) is 2.48. The van der Waals surface area contributed by atoms with Gasteiger partial charge in [0.25, 0.3) is 0 Å². The minimum absolute atomic E-state index is 0.119. The van der Waals surface area contributed by atoms with Crippen LogP contribution in [0.4, 0.5) is 15.8 Å². The summed E-state index contributed by atoms with van der Waals surface area (Å²) in [7, 11) is 1.71. The molecule has 1 fully saturated rings. The van der Waals surface area contributed by atoms with Gasteiger partial charge < -0.3 is 15.4 Å². The first-order valence-electron chi connectivity index (χ1n) is 6.10. The highest BCUT2D eigenvalue weighted by Gasteiger charge is 2.22. The van der Waals surface area contributed by atoms with Gasteiger partial charge in [0.15, 0.2) is 0 Å². The topological polar surface area (TPSA) is 38.5 Å². The maximum absolute atomic E-state index is 13.3. The smallest absolute Gasteiger partial charge is 0.143 e. The minimum Gasteiger partial charge on any atom is -0.397 e. The average Bonchev–Trinajstić information content (AvgIpc) is 2.34. The number of hydrogen-bond donors (Lipinski definition) is 1. The van der Waals surface area contributed by atoms with Gasteiger partial charge in [0, 0.05) is 26.3 Å². The van der Waals surface area contributed by atoms with Crippen LogP contribution >= 0.6 is 11.6 Å². The fraction of sp³-hybridized carbons (Fsp3) is 0.538. The molecule has 1 aromatic rings. The molecule has 5 heteroatoms. The van der Waals surface area contributed by atoms with Gasteiger partial charge in [-0.3, -0.25) is 0 Å². The van der Waals surface area contributed by atoms with Crippen LogP contribution in [-0.2, 0) is 4.74 Å². The molecule has 0 spiro atoms. The third kappa shape index (κ3) is 2.87. The molecule has 1 heterocycles. The summed E-state index contributed by atoms with van der Waals surface area (Å²) in [6.45, 7) is 2.54. The molecule has 0 radical (unpaired) electrons. The summed E-state index contributed by atoms with van der Waals surface area (Å²) >= 11 is 5.82. The first-order chi connectivity index (χ1) is 8.61. The first kappa shape index (κ1) is 13.4. The predicted octanol–water partition coefficient (Wildman–Crippen LogP) is 2.92. The molecule has 1 unspecified atom stereocenters. The van der Waals surface area contributed by atoms with E-state index >= 15 is 0 Å². The maximum atomic E-state index is 13.3. The third-order valence-corrected chi connectivity index (χ3v) is 3.62. The average molecular weight is 273 g/mol. The van der Waals surface area contributed by atoms with Crippen molar-refractivity contribution in [1.82, 2.24) is 0 Å². The van der Waals surface area contributed by atoms with Crippen molar-refractivity contribution < 1.29 is 9.13 Å². The third-order valence-electron chi connectivity index (χ3n) is 3.33. The summed E-state index contributed by atoms with van der Waals surface area (Å²) in [4.78, 5) is 2.16. The molecule has 2 rings (SSSR count). The minimum atomic E-state index is -0.469. The van der Waals surface area contributed by atoms with Gasteiger partial charge in [-0.1, -0.05) is 11.6 Å². The molecule has 1 aromatic carbocycles. The number of anilines is 2. The lowest BCUT2D eigenvalue weighted by Gasteiger charge is -2.34. The number of methoxy groups -OCH3 is 1. The Balaban J connectivity index is 2.18. The van der Waals surface area contributed by atoms with Gasteiger partial charge in [-0.2, -0.15) is 0 Å². The van der Waals surface area contributed by atoms with Gasteiger partial charge in [-0.05, 0) is 24.8 Å². The summed E-state index contributed by atoms with van der Waals surface area (Å²) in [6, 6.07) is 2.90. The Hall–Kier alpha value is -1.00. The Labute approximate surface area is 112 Å². The van der Waals surface area contributed by atoms with Crippen molar-refractivity contribution in [2.45, 2.75) is 12.8 Å². The Morgan fingerprint density at radius 2 is 2.33 bits per heavy atom. The van der Waals surface area contributed by atoms with E-state index in [0.717, 1.165) is 38.2 Å². The van der Waals surface area contributed by atoms with Gasteiger partial charge in [0.05, 0.1) is 23.0 Å². The molecule has 3 nitrogen and oxygen atoms in total. The van der Waals surface area contributed by atoms with Crippen LogP contribution in [0.5, 0.6) is 0 Å².